The summed E-state index contributed by atoms with van der Waals surface area (Å²) < 4.78 is 46.8. The molecule has 0 N–H and O–H groups in total. The summed E-state index contributed by atoms with van der Waals surface area (Å²) in [5.41, 5.74) is -0.0301. The van der Waals surface area contributed by atoms with Crippen molar-refractivity contribution in [1.29, 1.82) is 0 Å². The van der Waals surface area contributed by atoms with Crippen molar-refractivity contribution in [3.8, 4) is 5.75 Å². The molecule has 3 rings (SSSR count). The molecule has 1 amide bonds. The molecule has 1 aromatic carbocycles. The van der Waals surface area contributed by atoms with Crippen LogP contribution in [0.2, 0.25) is 0 Å². The Morgan fingerprint density at radius 3 is 2.50 bits per heavy atom. The fraction of sp³-hybridized carbons (Fsp3) is 0.529. The maximum Gasteiger partial charge on any atom is 0.338 e. The molecule has 26 heavy (non-hydrogen) atoms. The van der Waals surface area contributed by atoms with Crippen molar-refractivity contribution in [3.05, 3.63) is 29.6 Å². The SMILES string of the molecule is COc1ccc(C(=O)OCC(=O)N(C2CC2)[C@@H]2CCS(=O)(=O)C2)cc1F. The van der Waals surface area contributed by atoms with Crippen LogP contribution in [0, 0.1) is 5.82 Å². The van der Waals surface area contributed by atoms with Crippen molar-refractivity contribution in [3.63, 3.8) is 0 Å². The lowest BCUT2D eigenvalue weighted by Crippen LogP contribution is -2.44. The van der Waals surface area contributed by atoms with Gasteiger partial charge < -0.3 is 14.4 Å². The predicted octanol–water partition coefficient (Wildman–Crippen LogP) is 1.17. The largest absolute Gasteiger partial charge is 0.494 e. The van der Waals surface area contributed by atoms with Gasteiger partial charge in [-0.2, -0.15) is 0 Å². The Labute approximate surface area is 151 Å². The van der Waals surface area contributed by atoms with E-state index < -0.39 is 34.1 Å². The van der Waals surface area contributed by atoms with Gasteiger partial charge in [0.1, 0.15) is 0 Å². The van der Waals surface area contributed by atoms with Crippen LogP contribution < -0.4 is 4.74 Å². The van der Waals surface area contributed by atoms with E-state index in [9.17, 15) is 22.4 Å². The van der Waals surface area contributed by atoms with E-state index in [4.69, 9.17) is 9.47 Å². The zero-order valence-corrected chi connectivity index (χ0v) is 15.1. The number of nitrogens with zero attached hydrogens (tertiary/aromatic N) is 1. The smallest absolute Gasteiger partial charge is 0.338 e. The zero-order valence-electron chi connectivity index (χ0n) is 14.3. The molecular weight excluding hydrogens is 365 g/mol. The van der Waals surface area contributed by atoms with Crippen molar-refractivity contribution in [2.45, 2.75) is 31.3 Å². The first-order valence-electron chi connectivity index (χ1n) is 8.33. The molecule has 1 aromatic rings. The van der Waals surface area contributed by atoms with E-state index in [0.29, 0.717) is 6.42 Å². The van der Waals surface area contributed by atoms with Crippen LogP contribution in [0.4, 0.5) is 4.39 Å². The lowest BCUT2D eigenvalue weighted by atomic mass is 10.2. The Morgan fingerprint density at radius 1 is 1.23 bits per heavy atom. The normalized spacial score (nSPS) is 21.2. The van der Waals surface area contributed by atoms with Gasteiger partial charge in [-0.05, 0) is 37.5 Å². The molecule has 0 radical (unpaired) electrons. The van der Waals surface area contributed by atoms with Gasteiger partial charge in [-0.25, -0.2) is 17.6 Å². The van der Waals surface area contributed by atoms with E-state index in [1.165, 1.54) is 19.2 Å². The van der Waals surface area contributed by atoms with Crippen LogP contribution in [0.5, 0.6) is 5.75 Å². The molecule has 142 valence electrons. The lowest BCUT2D eigenvalue weighted by molar-refractivity contribution is -0.137. The number of ether oxygens (including phenoxy) is 2. The summed E-state index contributed by atoms with van der Waals surface area (Å²) in [6, 6.07) is 3.27. The Bertz CT molecular complexity index is 821. The van der Waals surface area contributed by atoms with Gasteiger partial charge in [0.15, 0.2) is 28.0 Å². The number of halogens is 1. The van der Waals surface area contributed by atoms with Gasteiger partial charge in [-0.1, -0.05) is 0 Å². The molecule has 1 saturated carbocycles. The number of esters is 1. The molecule has 1 atom stereocenters. The van der Waals surface area contributed by atoms with Crippen LogP contribution in [0.3, 0.4) is 0 Å². The topological polar surface area (TPSA) is 90.0 Å². The fourth-order valence-corrected chi connectivity index (χ4v) is 4.84. The highest BCUT2D eigenvalue weighted by Crippen LogP contribution is 2.32. The second-order valence-corrected chi connectivity index (χ2v) is 8.74. The Kier molecular flexibility index (Phi) is 5.17. The first-order chi connectivity index (χ1) is 12.3. The number of sulfone groups is 1. The average Bonchev–Trinajstić information content (AvgIpc) is 3.36. The van der Waals surface area contributed by atoms with Crippen molar-refractivity contribution in [1.82, 2.24) is 4.90 Å². The number of amides is 1. The number of carbonyl (C=O) groups is 2. The number of methoxy groups -OCH3 is 1. The van der Waals surface area contributed by atoms with Gasteiger partial charge in [0.25, 0.3) is 5.91 Å². The average molecular weight is 385 g/mol. The van der Waals surface area contributed by atoms with E-state index in [-0.39, 0.29) is 34.9 Å². The standard InChI is InChI=1S/C17H20FNO6S/c1-24-15-5-2-11(8-14(15)18)17(21)25-9-16(20)19(12-3-4-12)13-6-7-26(22,23)10-13/h2,5,8,12-13H,3-4,6-7,9-10H2,1H3/t13-/m1/s1. The van der Waals surface area contributed by atoms with E-state index in [2.05, 4.69) is 0 Å². The minimum absolute atomic E-state index is 0.0000207. The Hall–Kier alpha value is -2.16. The maximum absolute atomic E-state index is 13.7. The molecule has 0 spiro atoms. The van der Waals surface area contributed by atoms with E-state index in [1.54, 1.807) is 4.90 Å². The van der Waals surface area contributed by atoms with Crippen LogP contribution in [0.25, 0.3) is 0 Å². The molecule has 0 unspecified atom stereocenters. The van der Waals surface area contributed by atoms with Crippen LogP contribution in [0.1, 0.15) is 29.6 Å². The van der Waals surface area contributed by atoms with Gasteiger partial charge in [-0.3, -0.25) is 4.79 Å². The fourth-order valence-electron chi connectivity index (χ4n) is 3.13. The molecule has 1 saturated heterocycles. The number of benzene rings is 1. The van der Waals surface area contributed by atoms with E-state index in [1.807, 2.05) is 0 Å². The van der Waals surface area contributed by atoms with Gasteiger partial charge in [0.2, 0.25) is 0 Å². The van der Waals surface area contributed by atoms with Crippen LogP contribution in [0.15, 0.2) is 18.2 Å². The van der Waals surface area contributed by atoms with Crippen LogP contribution in [-0.4, -0.2) is 62.5 Å². The van der Waals surface area contributed by atoms with Gasteiger partial charge in [-0.15, -0.1) is 0 Å². The van der Waals surface area contributed by atoms with E-state index in [0.717, 1.165) is 18.9 Å². The highest BCUT2D eigenvalue weighted by Gasteiger charge is 2.42. The van der Waals surface area contributed by atoms with Crippen molar-refractivity contribution in [2.24, 2.45) is 0 Å². The molecule has 0 bridgehead atoms. The summed E-state index contributed by atoms with van der Waals surface area (Å²) in [4.78, 5) is 26.1. The monoisotopic (exact) mass is 385 g/mol. The highest BCUT2D eigenvalue weighted by atomic mass is 32.2. The van der Waals surface area contributed by atoms with Crippen molar-refractivity contribution >= 4 is 21.7 Å². The number of carbonyl (C=O) groups excluding carboxylic acids is 2. The number of rotatable bonds is 6. The molecule has 0 aromatic heterocycles. The van der Waals surface area contributed by atoms with Crippen molar-refractivity contribution < 1.29 is 31.9 Å². The summed E-state index contributed by atoms with van der Waals surface area (Å²) in [5, 5.41) is 0. The van der Waals surface area contributed by atoms with Crippen LogP contribution in [-0.2, 0) is 19.4 Å². The van der Waals surface area contributed by atoms with Gasteiger partial charge in [0, 0.05) is 12.1 Å². The molecular formula is C17H20FNO6S. The minimum atomic E-state index is -3.12. The van der Waals surface area contributed by atoms with E-state index >= 15 is 0 Å². The Morgan fingerprint density at radius 2 is 1.96 bits per heavy atom. The van der Waals surface area contributed by atoms with Gasteiger partial charge >= 0.3 is 5.97 Å². The minimum Gasteiger partial charge on any atom is -0.494 e. The third-order valence-corrected chi connectivity index (χ3v) is 6.29. The molecule has 1 aliphatic carbocycles. The first kappa shape index (κ1) is 18.6. The first-order valence-corrected chi connectivity index (χ1v) is 10.1. The quantitative estimate of drug-likeness (QED) is 0.683. The summed E-state index contributed by atoms with van der Waals surface area (Å²) >= 11 is 0. The summed E-state index contributed by atoms with van der Waals surface area (Å²) in [7, 11) is -1.81. The molecule has 9 heteroatoms. The maximum atomic E-state index is 13.7. The lowest BCUT2D eigenvalue weighted by Gasteiger charge is -2.28. The molecule has 7 nitrogen and oxygen atoms in total. The highest BCUT2D eigenvalue weighted by molar-refractivity contribution is 7.91. The molecule has 2 aliphatic rings. The summed E-state index contributed by atoms with van der Waals surface area (Å²) in [6.07, 6.45) is 2.04. The molecule has 2 fully saturated rings. The van der Waals surface area contributed by atoms with Gasteiger partial charge in [0.05, 0.1) is 24.2 Å². The van der Waals surface area contributed by atoms with Crippen molar-refractivity contribution in [2.75, 3.05) is 25.2 Å². The summed E-state index contributed by atoms with van der Waals surface area (Å²) in [5.74, 6) is -1.93. The molecule has 1 heterocycles. The predicted molar refractivity (Wildman–Crippen MR) is 90.2 cm³/mol. The number of hydrogen-bond donors (Lipinski definition) is 0. The van der Waals surface area contributed by atoms with Crippen LogP contribution >= 0.6 is 0 Å². The number of hydrogen-bond acceptors (Lipinski definition) is 6. The third-order valence-electron chi connectivity index (χ3n) is 4.54. The second-order valence-electron chi connectivity index (χ2n) is 6.51. The Balaban J connectivity index is 1.61. The zero-order chi connectivity index (χ0) is 18.9. The second kappa shape index (κ2) is 7.22. The third kappa shape index (κ3) is 4.14. The summed E-state index contributed by atoms with van der Waals surface area (Å²) in [6.45, 7) is -0.500. The molecule has 1 aliphatic heterocycles.